The number of carboxylic acid groups (broad SMARTS) is 1. The molecule has 0 bridgehead atoms. The molecule has 1 amide bonds. The first kappa shape index (κ1) is 14.7. The number of para-hydroxylation sites is 1. The molecular formula is C13H10N4O3. The van der Waals surface area contributed by atoms with Crippen LogP contribution in [0, 0.1) is 22.7 Å². The number of aliphatic carboxylic acids is 1. The highest BCUT2D eigenvalue weighted by Crippen LogP contribution is 2.15. The van der Waals surface area contributed by atoms with E-state index in [1.165, 1.54) is 12.3 Å². The van der Waals surface area contributed by atoms with E-state index in [9.17, 15) is 9.59 Å². The van der Waals surface area contributed by atoms with Gasteiger partial charge in [0.05, 0.1) is 11.3 Å². The number of allylic oxidation sites excluding steroid dienone is 1. The molecule has 1 aromatic rings. The molecule has 0 atom stereocenters. The second-order valence-electron chi connectivity index (χ2n) is 3.55. The minimum atomic E-state index is -1.15. The van der Waals surface area contributed by atoms with Gasteiger partial charge >= 0.3 is 5.97 Å². The van der Waals surface area contributed by atoms with Gasteiger partial charge in [-0.3, -0.25) is 9.59 Å². The lowest BCUT2D eigenvalue weighted by atomic mass is 10.1. The third kappa shape index (κ3) is 4.17. The Kier molecular flexibility index (Phi) is 5.30. The number of nitriles is 2. The molecule has 0 fully saturated rings. The van der Waals surface area contributed by atoms with E-state index in [1.54, 1.807) is 30.3 Å². The van der Waals surface area contributed by atoms with Gasteiger partial charge in [0.15, 0.2) is 0 Å². The fourth-order valence-electron chi connectivity index (χ4n) is 1.30. The molecule has 0 aromatic heterocycles. The molecule has 7 nitrogen and oxygen atoms in total. The van der Waals surface area contributed by atoms with Gasteiger partial charge in [-0.05, 0) is 12.1 Å². The number of nitrogens with one attached hydrogen (secondary N) is 2. The van der Waals surface area contributed by atoms with Crippen molar-refractivity contribution < 1.29 is 14.7 Å². The number of anilines is 1. The van der Waals surface area contributed by atoms with Crippen molar-refractivity contribution in [3.05, 3.63) is 41.6 Å². The summed E-state index contributed by atoms with van der Waals surface area (Å²) < 4.78 is 0. The first-order chi connectivity index (χ1) is 9.58. The number of hydrogen-bond acceptors (Lipinski definition) is 5. The molecule has 0 unspecified atom stereocenters. The summed E-state index contributed by atoms with van der Waals surface area (Å²) in [6, 6.07) is 9.67. The van der Waals surface area contributed by atoms with Crippen LogP contribution in [0.1, 0.15) is 10.4 Å². The lowest BCUT2D eigenvalue weighted by Gasteiger charge is -2.08. The minimum absolute atomic E-state index is 0.147. The highest BCUT2D eigenvalue weighted by molar-refractivity contribution is 6.00. The number of carbonyl (C=O) groups is 2. The molecule has 0 radical (unpaired) electrons. The number of hydrogen-bond donors (Lipinski definition) is 3. The number of carbonyl (C=O) groups excluding carboxylic acids is 1. The van der Waals surface area contributed by atoms with Crippen molar-refractivity contribution in [1.29, 1.82) is 10.5 Å². The molecule has 0 saturated heterocycles. The molecule has 100 valence electrons. The van der Waals surface area contributed by atoms with Crippen LogP contribution in [0.25, 0.3) is 0 Å². The summed E-state index contributed by atoms with van der Waals surface area (Å²) in [6.07, 6.45) is 1.17. The molecule has 20 heavy (non-hydrogen) atoms. The van der Waals surface area contributed by atoms with Gasteiger partial charge in [0.2, 0.25) is 0 Å². The third-order valence-electron chi connectivity index (χ3n) is 2.18. The van der Waals surface area contributed by atoms with Crippen molar-refractivity contribution in [3.8, 4) is 12.1 Å². The van der Waals surface area contributed by atoms with Crippen LogP contribution in [0.15, 0.2) is 36.0 Å². The van der Waals surface area contributed by atoms with Crippen molar-refractivity contribution in [2.75, 3.05) is 11.9 Å². The first-order valence-corrected chi connectivity index (χ1v) is 5.44. The third-order valence-corrected chi connectivity index (χ3v) is 2.18. The maximum atomic E-state index is 11.8. The van der Waals surface area contributed by atoms with E-state index in [0.717, 1.165) is 0 Å². The Hall–Kier alpha value is -3.32. The number of rotatable bonds is 5. The molecule has 3 N–H and O–H groups in total. The van der Waals surface area contributed by atoms with Gasteiger partial charge in [0.25, 0.3) is 5.91 Å². The van der Waals surface area contributed by atoms with Crippen LogP contribution in [0.4, 0.5) is 5.69 Å². The van der Waals surface area contributed by atoms with Gasteiger partial charge in [0.1, 0.15) is 24.3 Å². The van der Waals surface area contributed by atoms with Crippen molar-refractivity contribution in [2.24, 2.45) is 0 Å². The average Bonchev–Trinajstić information content (AvgIpc) is 2.46. The summed E-state index contributed by atoms with van der Waals surface area (Å²) >= 11 is 0. The Labute approximate surface area is 114 Å². The summed E-state index contributed by atoms with van der Waals surface area (Å²) in [4.78, 5) is 22.2. The van der Waals surface area contributed by atoms with Gasteiger partial charge in [-0.2, -0.15) is 10.5 Å². The van der Waals surface area contributed by atoms with E-state index in [2.05, 4.69) is 10.6 Å². The minimum Gasteiger partial charge on any atom is -0.480 e. The number of nitrogens with zero attached hydrogens (tertiary/aromatic N) is 2. The van der Waals surface area contributed by atoms with Crippen molar-refractivity contribution >= 4 is 17.6 Å². The maximum absolute atomic E-state index is 11.8. The molecule has 0 heterocycles. The Bertz CT molecular complexity index is 622. The van der Waals surface area contributed by atoms with Crippen LogP contribution in [0.2, 0.25) is 0 Å². The van der Waals surface area contributed by atoms with Crippen LogP contribution in [-0.4, -0.2) is 23.5 Å². The molecule has 0 saturated carbocycles. The lowest BCUT2D eigenvalue weighted by molar-refractivity contribution is -0.135. The van der Waals surface area contributed by atoms with E-state index in [4.69, 9.17) is 15.6 Å². The number of amides is 1. The summed E-state index contributed by atoms with van der Waals surface area (Å²) in [6.45, 7) is -0.495. The SMILES string of the molecule is N#CC(C#N)=CNc1ccccc1C(=O)NCC(=O)O. The molecule has 7 heteroatoms. The fraction of sp³-hybridized carbons (Fsp3) is 0.0769. The number of benzene rings is 1. The maximum Gasteiger partial charge on any atom is 0.322 e. The molecule has 0 aliphatic heterocycles. The van der Waals surface area contributed by atoms with Crippen molar-refractivity contribution in [3.63, 3.8) is 0 Å². The lowest BCUT2D eigenvalue weighted by Crippen LogP contribution is -2.29. The van der Waals surface area contributed by atoms with Crippen LogP contribution in [0.3, 0.4) is 0 Å². The quantitative estimate of drug-likeness (QED) is 0.681. The Balaban J connectivity index is 2.92. The second-order valence-corrected chi connectivity index (χ2v) is 3.55. The Morgan fingerprint density at radius 3 is 2.50 bits per heavy atom. The van der Waals surface area contributed by atoms with E-state index in [0.29, 0.717) is 5.69 Å². The van der Waals surface area contributed by atoms with Crippen LogP contribution < -0.4 is 10.6 Å². The summed E-state index contributed by atoms with van der Waals surface area (Å²) in [5, 5.41) is 30.6. The van der Waals surface area contributed by atoms with Gasteiger partial charge < -0.3 is 15.7 Å². The van der Waals surface area contributed by atoms with Crippen LogP contribution in [0.5, 0.6) is 0 Å². The van der Waals surface area contributed by atoms with Gasteiger partial charge in [0, 0.05) is 6.20 Å². The smallest absolute Gasteiger partial charge is 0.322 e. The molecule has 0 aliphatic carbocycles. The summed E-state index contributed by atoms with van der Waals surface area (Å²) in [5.41, 5.74) is 0.421. The monoisotopic (exact) mass is 270 g/mol. The average molecular weight is 270 g/mol. The summed E-state index contributed by atoms with van der Waals surface area (Å²) in [5.74, 6) is -1.72. The van der Waals surface area contributed by atoms with E-state index in [-0.39, 0.29) is 11.1 Å². The van der Waals surface area contributed by atoms with Crippen molar-refractivity contribution in [1.82, 2.24) is 5.32 Å². The zero-order valence-corrected chi connectivity index (χ0v) is 10.3. The molecule has 1 aromatic carbocycles. The molecule has 1 rings (SSSR count). The Morgan fingerprint density at radius 2 is 1.90 bits per heavy atom. The normalized spacial score (nSPS) is 8.70. The van der Waals surface area contributed by atoms with E-state index in [1.807, 2.05) is 0 Å². The van der Waals surface area contributed by atoms with Crippen molar-refractivity contribution in [2.45, 2.75) is 0 Å². The molecular weight excluding hydrogens is 260 g/mol. The molecule has 0 spiro atoms. The predicted molar refractivity (Wildman–Crippen MR) is 69.3 cm³/mol. The van der Waals surface area contributed by atoms with E-state index >= 15 is 0 Å². The highest BCUT2D eigenvalue weighted by atomic mass is 16.4. The Morgan fingerprint density at radius 1 is 1.25 bits per heavy atom. The first-order valence-electron chi connectivity index (χ1n) is 5.44. The van der Waals surface area contributed by atoms with E-state index < -0.39 is 18.4 Å². The largest absolute Gasteiger partial charge is 0.480 e. The standard InChI is InChI=1S/C13H10N4O3/c14-5-9(6-15)7-16-11-4-2-1-3-10(11)13(20)17-8-12(18)19/h1-4,7,16H,8H2,(H,17,20)(H,18,19). The number of carboxylic acids is 1. The van der Waals surface area contributed by atoms with Crippen LogP contribution >= 0.6 is 0 Å². The zero-order valence-electron chi connectivity index (χ0n) is 10.3. The predicted octanol–water partition coefficient (Wildman–Crippen LogP) is 0.844. The second kappa shape index (κ2) is 7.19. The highest BCUT2D eigenvalue weighted by Gasteiger charge is 2.11. The fourth-order valence-corrected chi connectivity index (χ4v) is 1.30. The van der Waals surface area contributed by atoms with Gasteiger partial charge in [-0.25, -0.2) is 0 Å². The zero-order chi connectivity index (χ0) is 15.0. The topological polar surface area (TPSA) is 126 Å². The molecule has 0 aliphatic rings. The summed E-state index contributed by atoms with van der Waals surface area (Å²) in [7, 11) is 0. The van der Waals surface area contributed by atoms with Crippen LogP contribution in [-0.2, 0) is 4.79 Å². The van der Waals surface area contributed by atoms with Gasteiger partial charge in [-0.15, -0.1) is 0 Å². The van der Waals surface area contributed by atoms with Gasteiger partial charge in [-0.1, -0.05) is 12.1 Å².